The zero-order valence-corrected chi connectivity index (χ0v) is 63.4. The highest BCUT2D eigenvalue weighted by molar-refractivity contribution is 6.31. The van der Waals surface area contributed by atoms with Gasteiger partial charge in [-0.3, -0.25) is 33.1 Å². The van der Waals surface area contributed by atoms with Gasteiger partial charge in [0.1, 0.15) is 46.8 Å². The van der Waals surface area contributed by atoms with Crippen molar-refractivity contribution in [3.8, 4) is 56.3 Å². The van der Waals surface area contributed by atoms with E-state index in [1.54, 1.807) is 9.36 Å². The number of amides is 1. The number of carbonyl (C=O) groups excluding carboxylic acids is 4. The number of morpholine rings is 1. The van der Waals surface area contributed by atoms with Gasteiger partial charge in [-0.05, 0) is 62.7 Å². The Morgan fingerprint density at radius 2 is 0.838 bits per heavy atom. The molecule has 0 N–H and O–H groups in total. The molecule has 1 unspecified atom stereocenters. The first-order valence-electron chi connectivity index (χ1n) is 36.9. The Morgan fingerprint density at radius 3 is 1.32 bits per heavy atom. The second-order valence-electron chi connectivity index (χ2n) is 26.9. The average Bonchev–Trinajstić information content (AvgIpc) is 1.62. The van der Waals surface area contributed by atoms with Crippen LogP contribution in [0.15, 0.2) is 279 Å². The first-order valence-corrected chi connectivity index (χ1v) is 37.3. The molecular formula is C90H86ClN11O9. The quantitative estimate of drug-likeness (QED) is 0.0614. The minimum Gasteiger partial charge on any atom is -0.496 e. The van der Waals surface area contributed by atoms with Crippen LogP contribution >= 0.6 is 11.6 Å². The third-order valence-corrected chi connectivity index (χ3v) is 19.6. The van der Waals surface area contributed by atoms with E-state index in [2.05, 4.69) is 81.8 Å². The zero-order chi connectivity index (χ0) is 77.2. The molecule has 20 nitrogen and oxygen atoms in total. The number of para-hydroxylation sites is 4. The Balaban J connectivity index is 0.000000122. The van der Waals surface area contributed by atoms with E-state index in [1.165, 1.54) is 26.7 Å². The van der Waals surface area contributed by atoms with Crippen molar-refractivity contribution in [2.45, 2.75) is 70.7 Å². The minimum atomic E-state index is -0.874. The summed E-state index contributed by atoms with van der Waals surface area (Å²) in [5.74, 6) is 0.140. The highest BCUT2D eigenvalue weighted by atomic mass is 35.5. The lowest BCUT2D eigenvalue weighted by molar-refractivity contribution is -0.150. The Bertz CT molecular complexity index is 5700. The summed E-state index contributed by atoms with van der Waals surface area (Å²) >= 11 is 6.19. The summed E-state index contributed by atoms with van der Waals surface area (Å²) in [6, 6.07) is 88.7. The van der Waals surface area contributed by atoms with Crippen LogP contribution in [-0.2, 0) is 68.0 Å². The fourth-order valence-corrected chi connectivity index (χ4v) is 13.9. The molecule has 0 bridgehead atoms. The smallest absolute Gasteiger partial charge is 0.333 e. The Morgan fingerprint density at radius 1 is 0.441 bits per heavy atom. The molecule has 2 aliphatic rings. The third-order valence-electron chi connectivity index (χ3n) is 19.4. The molecule has 10 aromatic carbocycles. The number of hydrogen-bond acceptors (Lipinski definition) is 14. The van der Waals surface area contributed by atoms with Crippen LogP contribution in [0.4, 0.5) is 0 Å². The fourth-order valence-electron chi connectivity index (χ4n) is 13.7. The molecule has 2 saturated heterocycles. The van der Waals surface area contributed by atoms with Crippen LogP contribution in [0.3, 0.4) is 0 Å². The SMILES string of the molecule is C=C1OCCC1n1nc(-c2ccccc2)c2ccccc21.COC(=O)C(C)(C)n1nc(-c2ccccc2)c2ccccc21.COC(=O)CCCn1nc(-c2ccccc2)c2ccccc21.COC(=O)CCn1nc(-c2ccccc2)c2ccccc21.O=C(Cn1nc(-c2ccccc2)c2cc(Cl)ccc21)N1CCOCC1. The van der Waals surface area contributed by atoms with Crippen molar-refractivity contribution in [2.75, 3.05) is 54.2 Å². The normalized spacial score (nSPS) is 13.2. The molecule has 0 spiro atoms. The molecule has 0 radical (unpaired) electrons. The number of ether oxygens (including phenoxy) is 5. The maximum absolute atomic E-state index is 12.6. The summed E-state index contributed by atoms with van der Waals surface area (Å²) in [5, 5.41) is 29.7. The third kappa shape index (κ3) is 17.7. The number of aromatic nitrogens is 10. The van der Waals surface area contributed by atoms with Gasteiger partial charge in [0.25, 0.3) is 0 Å². The van der Waals surface area contributed by atoms with E-state index in [-0.39, 0.29) is 36.4 Å². The number of nitrogens with zero attached hydrogens (tertiary/aromatic N) is 11. The van der Waals surface area contributed by atoms with E-state index < -0.39 is 5.54 Å². The second-order valence-corrected chi connectivity index (χ2v) is 27.4. The molecule has 2 aliphatic heterocycles. The lowest BCUT2D eigenvalue weighted by atomic mass is 10.1. The van der Waals surface area contributed by atoms with Crippen LogP contribution in [-0.4, -0.2) is 132 Å². The van der Waals surface area contributed by atoms with Crippen LogP contribution in [0.1, 0.15) is 45.6 Å². The number of esters is 3. The van der Waals surface area contributed by atoms with E-state index in [9.17, 15) is 19.2 Å². The summed E-state index contributed by atoms with van der Waals surface area (Å²) in [4.78, 5) is 49.2. The summed E-state index contributed by atoms with van der Waals surface area (Å²) < 4.78 is 34.6. The number of allylic oxidation sites excluding steroid dienone is 1. The van der Waals surface area contributed by atoms with E-state index in [0.29, 0.717) is 63.7 Å². The van der Waals surface area contributed by atoms with Gasteiger partial charge in [-0.15, -0.1) is 0 Å². The molecular weight excluding hydrogens is 1410 g/mol. The molecule has 1 atom stereocenters. The number of methoxy groups -OCH3 is 3. The molecule has 21 heteroatoms. The molecule has 1 amide bonds. The van der Waals surface area contributed by atoms with Gasteiger partial charge in [0.15, 0.2) is 5.54 Å². The summed E-state index contributed by atoms with van der Waals surface area (Å²) in [5.41, 5.74) is 14.2. The van der Waals surface area contributed by atoms with E-state index in [4.69, 9.17) is 50.9 Å². The van der Waals surface area contributed by atoms with E-state index in [0.717, 1.165) is 124 Å². The van der Waals surface area contributed by atoms with E-state index in [1.807, 2.05) is 234 Å². The van der Waals surface area contributed by atoms with Gasteiger partial charge in [-0.2, -0.15) is 25.5 Å². The lowest BCUT2D eigenvalue weighted by Gasteiger charge is -2.26. The summed E-state index contributed by atoms with van der Waals surface area (Å²) in [6.07, 6.45) is 2.37. The Labute approximate surface area is 648 Å². The minimum absolute atomic E-state index is 0.0576. The van der Waals surface area contributed by atoms with Gasteiger partial charge in [-0.25, -0.2) is 9.48 Å². The number of benzene rings is 10. The molecule has 7 heterocycles. The highest BCUT2D eigenvalue weighted by Crippen LogP contribution is 2.38. The number of aryl methyl sites for hydroxylation is 2. The van der Waals surface area contributed by atoms with Crippen molar-refractivity contribution in [1.82, 2.24) is 53.8 Å². The van der Waals surface area contributed by atoms with Crippen LogP contribution < -0.4 is 0 Å². The van der Waals surface area contributed by atoms with Gasteiger partial charge in [0.05, 0.1) is 81.7 Å². The number of hydrogen-bond donors (Lipinski definition) is 0. The molecule has 0 aliphatic carbocycles. The molecule has 5 aromatic heterocycles. The maximum atomic E-state index is 12.6. The van der Waals surface area contributed by atoms with Gasteiger partial charge < -0.3 is 28.6 Å². The molecule has 2 fully saturated rings. The number of halogens is 1. The number of fused-ring (bicyclic) bond motifs is 5. The average molecular weight is 1500 g/mol. The number of rotatable bonds is 17. The first-order chi connectivity index (χ1) is 54.2. The van der Waals surface area contributed by atoms with Crippen LogP contribution in [0.25, 0.3) is 111 Å². The largest absolute Gasteiger partial charge is 0.496 e. The van der Waals surface area contributed by atoms with Crippen molar-refractivity contribution in [1.29, 1.82) is 0 Å². The standard InChI is InChI=1S/C19H18ClN3O2.2C18H18N2O2.C18H16N2O.C17H16N2O2/c20-15-6-7-17-16(12-15)19(14-4-2-1-3-5-14)21-23(17)13-18(24)22-8-10-25-11-9-22;1-18(2,17(21)22-3)20-15-12-8-7-11-14(15)16(19-20)13-9-5-4-6-10-13;1-22-17(21)12-7-13-20-16-11-6-5-10-15(16)18(19-20)14-8-3-2-4-9-14;1-13-16(11-12-21-13)20-17-10-6-5-9-15(17)18(19-20)14-7-3-2-4-8-14;1-21-16(20)11-12-19-15-10-6-5-9-14(15)17(18-19)13-7-3-2-4-8-13/h1-7,12H,8-11,13H2;4-12H,1-3H3;2-6,8-11H,7,12-13H2,1H3;2-10,16H,1,11-12H2;2-10H,11-12H2,1H3. The molecule has 15 aromatic rings. The summed E-state index contributed by atoms with van der Waals surface area (Å²) in [6.45, 7) is 12.2. The Kier molecular flexibility index (Phi) is 24.8. The van der Waals surface area contributed by atoms with Crippen molar-refractivity contribution >= 4 is 89.9 Å². The van der Waals surface area contributed by atoms with Crippen molar-refractivity contribution in [2.24, 2.45) is 0 Å². The Hall–Kier alpha value is -12.8. The number of carbonyl (C=O) groups is 4. The maximum Gasteiger partial charge on any atom is 0.333 e. The first kappa shape index (κ1) is 76.4. The van der Waals surface area contributed by atoms with Gasteiger partial charge in [0.2, 0.25) is 5.91 Å². The highest BCUT2D eigenvalue weighted by Gasteiger charge is 2.34. The predicted octanol–water partition coefficient (Wildman–Crippen LogP) is 17.9. The van der Waals surface area contributed by atoms with Crippen LogP contribution in [0.2, 0.25) is 5.02 Å². The lowest BCUT2D eigenvalue weighted by Crippen LogP contribution is -2.42. The summed E-state index contributed by atoms with van der Waals surface area (Å²) in [7, 11) is 4.21. The molecule has 17 rings (SSSR count). The molecule has 562 valence electrons. The van der Waals surface area contributed by atoms with Crippen LogP contribution in [0, 0.1) is 0 Å². The monoisotopic (exact) mass is 1500 g/mol. The van der Waals surface area contributed by atoms with Gasteiger partial charge in [-0.1, -0.05) is 243 Å². The van der Waals surface area contributed by atoms with Gasteiger partial charge in [0, 0.05) is 92.2 Å². The fraction of sp³-hybridized carbons (Fsp3) is 0.211. The van der Waals surface area contributed by atoms with Crippen LogP contribution in [0.5, 0.6) is 0 Å². The van der Waals surface area contributed by atoms with Crippen molar-refractivity contribution in [3.63, 3.8) is 0 Å². The van der Waals surface area contributed by atoms with Crippen molar-refractivity contribution in [3.05, 3.63) is 284 Å². The predicted molar refractivity (Wildman–Crippen MR) is 436 cm³/mol. The second kappa shape index (κ2) is 36.0. The molecule has 0 saturated carbocycles. The zero-order valence-electron chi connectivity index (χ0n) is 62.6. The van der Waals surface area contributed by atoms with E-state index >= 15 is 0 Å². The van der Waals surface area contributed by atoms with Gasteiger partial charge >= 0.3 is 17.9 Å². The topological polar surface area (TPSA) is 207 Å². The molecule has 111 heavy (non-hydrogen) atoms. The van der Waals surface area contributed by atoms with Crippen molar-refractivity contribution < 1.29 is 42.9 Å².